The van der Waals surface area contributed by atoms with Crippen molar-refractivity contribution in [3.05, 3.63) is 0 Å². The Morgan fingerprint density at radius 3 is 1.59 bits per heavy atom. The summed E-state index contributed by atoms with van der Waals surface area (Å²) in [5.41, 5.74) is 0. The summed E-state index contributed by atoms with van der Waals surface area (Å²) in [5.74, 6) is 0. The van der Waals surface area contributed by atoms with Gasteiger partial charge in [-0.3, -0.25) is 0 Å². The zero-order chi connectivity index (χ0) is 12.6. The molecule has 0 aromatic heterocycles. The molecule has 1 atom stereocenters. The molecule has 0 N–H and O–H groups in total. The van der Waals surface area contributed by atoms with Gasteiger partial charge in [-0.25, -0.2) is 0 Å². The summed E-state index contributed by atoms with van der Waals surface area (Å²) in [7, 11) is 4.85. The van der Waals surface area contributed by atoms with Crippen molar-refractivity contribution < 1.29 is 4.48 Å². The van der Waals surface area contributed by atoms with Crippen LogP contribution in [0.25, 0.3) is 0 Å². The smallest absolute Gasteiger partial charge is 0.0857 e. The molecule has 1 saturated heterocycles. The van der Waals surface area contributed by atoms with Crippen LogP contribution in [0.5, 0.6) is 0 Å². The van der Waals surface area contributed by atoms with Gasteiger partial charge in [0.05, 0.1) is 26.7 Å². The van der Waals surface area contributed by atoms with Crippen molar-refractivity contribution in [2.75, 3.05) is 20.6 Å². The van der Waals surface area contributed by atoms with Crippen molar-refractivity contribution in [2.45, 2.75) is 83.6 Å². The molecule has 1 aliphatic heterocycles. The lowest BCUT2D eigenvalue weighted by molar-refractivity contribution is -0.913. The molecule has 0 aromatic carbocycles. The van der Waals surface area contributed by atoms with Gasteiger partial charge in [0.2, 0.25) is 0 Å². The highest BCUT2D eigenvalue weighted by atomic mass is 15.3. The highest BCUT2D eigenvalue weighted by Crippen LogP contribution is 2.18. The summed E-state index contributed by atoms with van der Waals surface area (Å²) in [6.45, 7) is 3.83. The van der Waals surface area contributed by atoms with E-state index in [0.717, 1.165) is 6.04 Å². The number of quaternary nitrogens is 1. The fraction of sp³-hybridized carbons (Fsp3) is 1.00. The van der Waals surface area contributed by atoms with E-state index in [-0.39, 0.29) is 0 Å². The molecule has 1 nitrogen and oxygen atoms in total. The van der Waals surface area contributed by atoms with Gasteiger partial charge in [-0.2, -0.15) is 0 Å². The fourth-order valence-electron chi connectivity index (χ4n) is 2.94. The van der Waals surface area contributed by atoms with Crippen molar-refractivity contribution in [3.63, 3.8) is 0 Å². The van der Waals surface area contributed by atoms with Gasteiger partial charge >= 0.3 is 0 Å². The molecule has 1 aliphatic rings. The minimum Gasteiger partial charge on any atom is -0.326 e. The van der Waals surface area contributed by atoms with Crippen molar-refractivity contribution in [1.82, 2.24) is 0 Å². The van der Waals surface area contributed by atoms with Crippen molar-refractivity contribution in [2.24, 2.45) is 0 Å². The van der Waals surface area contributed by atoms with Crippen LogP contribution in [0.1, 0.15) is 77.6 Å². The molecule has 1 heterocycles. The highest BCUT2D eigenvalue weighted by Gasteiger charge is 2.22. The Morgan fingerprint density at radius 2 is 1.06 bits per heavy atom. The third kappa shape index (κ3) is 6.45. The maximum Gasteiger partial charge on any atom is 0.0857 e. The van der Waals surface area contributed by atoms with E-state index in [4.69, 9.17) is 0 Å². The summed E-state index contributed by atoms with van der Waals surface area (Å²) in [6, 6.07) is 0.845. The number of hydrogen-bond donors (Lipinski definition) is 0. The Bertz CT molecular complexity index is 186. The molecule has 1 fully saturated rings. The molecule has 1 rings (SSSR count). The Labute approximate surface area is 109 Å². The van der Waals surface area contributed by atoms with Gasteiger partial charge in [-0.05, 0) is 32.6 Å². The first-order valence-corrected chi connectivity index (χ1v) is 7.95. The molecule has 0 amide bonds. The largest absolute Gasteiger partial charge is 0.326 e. The molecule has 0 aromatic rings. The minimum atomic E-state index is 0.845. The number of rotatable bonds is 0. The third-order valence-corrected chi connectivity index (χ3v) is 4.80. The molecular formula is C16H34N+. The molecule has 0 radical (unpaired) electrons. The quantitative estimate of drug-likeness (QED) is 0.536. The topological polar surface area (TPSA) is 0 Å². The van der Waals surface area contributed by atoms with Gasteiger partial charge in [-0.15, -0.1) is 0 Å². The van der Waals surface area contributed by atoms with E-state index >= 15 is 0 Å². The highest BCUT2D eigenvalue weighted by molar-refractivity contribution is 4.55. The summed E-state index contributed by atoms with van der Waals surface area (Å²) in [5, 5.41) is 0. The Balaban J connectivity index is 2.34. The average molecular weight is 240 g/mol. The van der Waals surface area contributed by atoms with Crippen molar-refractivity contribution >= 4 is 0 Å². The monoisotopic (exact) mass is 240 g/mol. The van der Waals surface area contributed by atoms with Gasteiger partial charge in [0.15, 0.2) is 0 Å². The van der Waals surface area contributed by atoms with Crippen LogP contribution < -0.4 is 0 Å². The SMILES string of the molecule is CC1CCCCCCCCCCCC[N+]1(C)C. The summed E-state index contributed by atoms with van der Waals surface area (Å²) in [6.07, 6.45) is 16.1. The first-order chi connectivity index (χ1) is 8.13. The molecule has 102 valence electrons. The zero-order valence-electron chi connectivity index (χ0n) is 12.5. The predicted molar refractivity (Wildman–Crippen MR) is 77.2 cm³/mol. The molecular weight excluding hydrogens is 206 g/mol. The predicted octanol–water partition coefficient (Wildman–Crippen LogP) is 4.76. The van der Waals surface area contributed by atoms with Gasteiger partial charge in [0, 0.05) is 0 Å². The van der Waals surface area contributed by atoms with E-state index < -0.39 is 0 Å². The fourth-order valence-corrected chi connectivity index (χ4v) is 2.94. The second-order valence-electron chi connectivity index (χ2n) is 6.68. The van der Waals surface area contributed by atoms with E-state index in [1.165, 1.54) is 81.7 Å². The normalized spacial score (nSPS) is 29.5. The molecule has 0 aliphatic carbocycles. The Morgan fingerprint density at radius 1 is 0.647 bits per heavy atom. The molecule has 1 unspecified atom stereocenters. The summed E-state index contributed by atoms with van der Waals surface area (Å²) in [4.78, 5) is 0. The maximum absolute atomic E-state index is 2.45. The van der Waals surface area contributed by atoms with Crippen LogP contribution in [-0.4, -0.2) is 31.2 Å². The van der Waals surface area contributed by atoms with Crippen LogP contribution in [0.4, 0.5) is 0 Å². The van der Waals surface area contributed by atoms with E-state index in [2.05, 4.69) is 21.0 Å². The van der Waals surface area contributed by atoms with Gasteiger partial charge in [0.1, 0.15) is 0 Å². The maximum atomic E-state index is 2.45. The van der Waals surface area contributed by atoms with E-state index in [1.54, 1.807) is 0 Å². The van der Waals surface area contributed by atoms with Gasteiger partial charge in [-0.1, -0.05) is 44.9 Å². The third-order valence-electron chi connectivity index (χ3n) is 4.80. The first kappa shape index (κ1) is 15.0. The van der Waals surface area contributed by atoms with Crippen molar-refractivity contribution in [3.8, 4) is 0 Å². The lowest BCUT2D eigenvalue weighted by Crippen LogP contribution is -2.47. The minimum absolute atomic E-state index is 0.845. The average Bonchev–Trinajstić information content (AvgIpc) is 2.29. The zero-order valence-corrected chi connectivity index (χ0v) is 12.5. The summed E-state index contributed by atoms with van der Waals surface area (Å²) >= 11 is 0. The van der Waals surface area contributed by atoms with E-state index in [9.17, 15) is 0 Å². The first-order valence-electron chi connectivity index (χ1n) is 7.95. The van der Waals surface area contributed by atoms with Crippen LogP contribution in [0, 0.1) is 0 Å². The molecule has 0 bridgehead atoms. The Kier molecular flexibility index (Phi) is 7.18. The van der Waals surface area contributed by atoms with Gasteiger partial charge in [0.25, 0.3) is 0 Å². The van der Waals surface area contributed by atoms with Crippen molar-refractivity contribution in [1.29, 1.82) is 0 Å². The van der Waals surface area contributed by atoms with E-state index in [0.29, 0.717) is 0 Å². The lowest BCUT2D eigenvalue weighted by Gasteiger charge is -2.36. The van der Waals surface area contributed by atoms with Gasteiger partial charge < -0.3 is 4.48 Å². The Hall–Kier alpha value is -0.0400. The molecule has 1 heteroatoms. The molecule has 0 spiro atoms. The summed E-state index contributed by atoms with van der Waals surface area (Å²) < 4.78 is 1.24. The molecule has 0 saturated carbocycles. The number of hydrogen-bond acceptors (Lipinski definition) is 0. The van der Waals surface area contributed by atoms with Crippen LogP contribution >= 0.6 is 0 Å². The van der Waals surface area contributed by atoms with E-state index in [1.807, 2.05) is 0 Å². The number of nitrogens with zero attached hydrogens (tertiary/aromatic N) is 1. The van der Waals surface area contributed by atoms with Crippen LogP contribution in [0.15, 0.2) is 0 Å². The van der Waals surface area contributed by atoms with Crippen LogP contribution in [-0.2, 0) is 0 Å². The van der Waals surface area contributed by atoms with Crippen LogP contribution in [0.3, 0.4) is 0 Å². The molecule has 17 heavy (non-hydrogen) atoms. The second kappa shape index (κ2) is 8.13. The lowest BCUT2D eigenvalue weighted by atomic mass is 10.0. The second-order valence-corrected chi connectivity index (χ2v) is 6.68. The standard InChI is InChI=1S/C16H34N/c1-16-14-12-10-8-6-4-5-7-9-11-13-15-17(16,2)3/h16H,4-15H2,1-3H3/q+1. The van der Waals surface area contributed by atoms with Crippen LogP contribution in [0.2, 0.25) is 0 Å².